The second kappa shape index (κ2) is 7.17. The molecule has 0 spiro atoms. The highest BCUT2D eigenvalue weighted by molar-refractivity contribution is 8.03. The van der Waals surface area contributed by atoms with Gasteiger partial charge in [0.25, 0.3) is 5.91 Å². The van der Waals surface area contributed by atoms with Crippen molar-refractivity contribution in [2.45, 2.75) is 32.2 Å². The van der Waals surface area contributed by atoms with Crippen molar-refractivity contribution in [3.05, 3.63) is 47.1 Å². The predicted octanol–water partition coefficient (Wildman–Crippen LogP) is 3.62. The van der Waals surface area contributed by atoms with E-state index in [4.69, 9.17) is 5.73 Å². The number of primary amides is 1. The number of rotatable bonds is 6. The Bertz CT molecular complexity index is 1010. The summed E-state index contributed by atoms with van der Waals surface area (Å²) >= 11 is 1.56. The lowest BCUT2D eigenvalue weighted by Gasteiger charge is -2.15. The molecule has 3 rings (SSSR count). The first-order valence-electron chi connectivity index (χ1n) is 8.13. The lowest BCUT2D eigenvalue weighted by molar-refractivity contribution is 0.0995. The number of anilines is 2. The summed E-state index contributed by atoms with van der Waals surface area (Å²) in [5.41, 5.74) is 7.84. The van der Waals surface area contributed by atoms with Crippen LogP contribution in [-0.4, -0.2) is 25.9 Å². The third-order valence-corrected chi connectivity index (χ3v) is 4.64. The molecule has 0 unspecified atom stereocenters. The summed E-state index contributed by atoms with van der Waals surface area (Å²) in [4.78, 5) is 13.9. The summed E-state index contributed by atoms with van der Waals surface area (Å²) in [5.74, 6) is 0.111. The minimum atomic E-state index is -0.639. The fourth-order valence-corrected chi connectivity index (χ4v) is 3.54. The van der Waals surface area contributed by atoms with Gasteiger partial charge in [-0.25, -0.2) is 4.68 Å². The van der Waals surface area contributed by atoms with Crippen molar-refractivity contribution in [1.29, 1.82) is 0 Å². The van der Waals surface area contributed by atoms with E-state index >= 15 is 0 Å². The summed E-state index contributed by atoms with van der Waals surface area (Å²) in [6, 6.07) is 5.83. The molecule has 3 aromatic rings. The first-order valence-corrected chi connectivity index (χ1v) is 8.95. The van der Waals surface area contributed by atoms with Crippen LogP contribution in [0.2, 0.25) is 0 Å². The Hall–Kier alpha value is -2.87. The van der Waals surface area contributed by atoms with Gasteiger partial charge in [0, 0.05) is 22.9 Å². The molecule has 0 aliphatic rings. The molecule has 26 heavy (non-hydrogen) atoms. The highest BCUT2D eigenvalue weighted by Crippen LogP contribution is 2.34. The van der Waals surface area contributed by atoms with E-state index in [0.717, 1.165) is 26.6 Å². The lowest BCUT2D eigenvalue weighted by Crippen LogP contribution is -2.17. The van der Waals surface area contributed by atoms with Gasteiger partial charge in [0.15, 0.2) is 5.69 Å². The molecule has 2 aromatic heterocycles. The van der Waals surface area contributed by atoms with Gasteiger partial charge in [-0.1, -0.05) is 18.3 Å². The molecule has 0 aliphatic carbocycles. The number of hydrogen-bond acceptors (Lipinski definition) is 6. The summed E-state index contributed by atoms with van der Waals surface area (Å²) in [6.45, 7) is 10.5. The molecule has 0 aliphatic heterocycles. The van der Waals surface area contributed by atoms with Crippen molar-refractivity contribution in [3.8, 4) is 0 Å². The maximum Gasteiger partial charge on any atom is 0.271 e. The SMILES string of the molecule is C=C(C)Sc1cc(C)c2nnc(C(N)=O)c(Nc3ccnn3CC)c2c1. The maximum absolute atomic E-state index is 11.9. The molecule has 0 saturated carbocycles. The van der Waals surface area contributed by atoms with Crippen LogP contribution in [0.25, 0.3) is 10.9 Å². The Labute approximate surface area is 155 Å². The van der Waals surface area contributed by atoms with Gasteiger partial charge in [-0.05, 0) is 43.4 Å². The van der Waals surface area contributed by atoms with E-state index in [2.05, 4.69) is 27.2 Å². The van der Waals surface area contributed by atoms with Crippen LogP contribution in [0.4, 0.5) is 11.5 Å². The van der Waals surface area contributed by atoms with Gasteiger partial charge in [0.05, 0.1) is 17.4 Å². The van der Waals surface area contributed by atoms with Crippen molar-refractivity contribution in [3.63, 3.8) is 0 Å². The topological polar surface area (TPSA) is 98.7 Å². The molecular weight excluding hydrogens is 348 g/mol. The van der Waals surface area contributed by atoms with Crippen molar-refractivity contribution in [1.82, 2.24) is 20.0 Å². The van der Waals surface area contributed by atoms with E-state index in [1.54, 1.807) is 22.6 Å². The Balaban J connectivity index is 2.25. The zero-order valence-corrected chi connectivity index (χ0v) is 15.7. The van der Waals surface area contributed by atoms with E-state index in [1.165, 1.54) is 0 Å². The van der Waals surface area contributed by atoms with Gasteiger partial charge in [-0.3, -0.25) is 4.79 Å². The molecule has 2 heterocycles. The zero-order chi connectivity index (χ0) is 18.8. The number of aryl methyl sites for hydroxylation is 2. The highest BCUT2D eigenvalue weighted by atomic mass is 32.2. The number of nitrogens with one attached hydrogen (secondary N) is 1. The summed E-state index contributed by atoms with van der Waals surface area (Å²) in [6.07, 6.45) is 1.69. The summed E-state index contributed by atoms with van der Waals surface area (Å²) in [7, 11) is 0. The number of fused-ring (bicyclic) bond motifs is 1. The molecule has 8 heteroatoms. The predicted molar refractivity (Wildman–Crippen MR) is 105 cm³/mol. The smallest absolute Gasteiger partial charge is 0.271 e. The van der Waals surface area contributed by atoms with Gasteiger partial charge in [-0.15, -0.1) is 10.2 Å². The maximum atomic E-state index is 11.9. The van der Waals surface area contributed by atoms with Crippen LogP contribution in [0.1, 0.15) is 29.9 Å². The average Bonchev–Trinajstić information content (AvgIpc) is 3.01. The number of benzene rings is 1. The lowest BCUT2D eigenvalue weighted by atomic mass is 10.1. The molecule has 0 bridgehead atoms. The van der Waals surface area contributed by atoms with Crippen LogP contribution >= 0.6 is 11.8 Å². The first kappa shape index (κ1) is 17.9. The number of nitrogens with two attached hydrogens (primary N) is 1. The summed E-state index contributed by atoms with van der Waals surface area (Å²) < 4.78 is 1.79. The molecule has 7 nitrogen and oxygen atoms in total. The number of aromatic nitrogens is 4. The normalized spacial score (nSPS) is 10.9. The van der Waals surface area contributed by atoms with Gasteiger partial charge < -0.3 is 11.1 Å². The van der Waals surface area contributed by atoms with Crippen LogP contribution < -0.4 is 11.1 Å². The Kier molecular flexibility index (Phi) is 4.94. The Morgan fingerprint density at radius 2 is 2.15 bits per heavy atom. The van der Waals surface area contributed by atoms with Crippen LogP contribution in [0.15, 0.2) is 40.8 Å². The minimum absolute atomic E-state index is 0.0956. The van der Waals surface area contributed by atoms with E-state index in [9.17, 15) is 4.79 Å². The molecule has 1 aromatic carbocycles. The standard InChI is InChI=1S/C18H20N6OS/c1-5-24-14(6-7-20-24)21-16-13-9-12(26-10(2)3)8-11(4)15(13)22-23-17(16)18(19)25/h6-9H,2,5H2,1,3-4H3,(H2,19,25)(H,21,22). The van der Waals surface area contributed by atoms with Gasteiger partial charge >= 0.3 is 0 Å². The molecule has 1 amide bonds. The van der Waals surface area contributed by atoms with E-state index in [1.807, 2.05) is 39.0 Å². The fraction of sp³-hybridized carbons (Fsp3) is 0.222. The van der Waals surface area contributed by atoms with Gasteiger partial charge in [0.1, 0.15) is 5.82 Å². The van der Waals surface area contributed by atoms with Crippen molar-refractivity contribution in [2.24, 2.45) is 5.73 Å². The van der Waals surface area contributed by atoms with Crippen molar-refractivity contribution >= 4 is 40.1 Å². The van der Waals surface area contributed by atoms with E-state index in [0.29, 0.717) is 17.7 Å². The van der Waals surface area contributed by atoms with Crippen LogP contribution in [0.3, 0.4) is 0 Å². The molecule has 134 valence electrons. The van der Waals surface area contributed by atoms with Crippen LogP contribution in [0, 0.1) is 6.92 Å². The third-order valence-electron chi connectivity index (χ3n) is 3.82. The number of hydrogen-bond donors (Lipinski definition) is 2. The molecule has 3 N–H and O–H groups in total. The van der Waals surface area contributed by atoms with Crippen LogP contribution in [0.5, 0.6) is 0 Å². The molecular formula is C18H20N6OS. The molecule has 0 saturated heterocycles. The van der Waals surface area contributed by atoms with Crippen molar-refractivity contribution < 1.29 is 4.79 Å². The van der Waals surface area contributed by atoms with Gasteiger partial charge in [0.2, 0.25) is 0 Å². The van der Waals surface area contributed by atoms with Crippen LogP contribution in [-0.2, 0) is 6.54 Å². The second-order valence-electron chi connectivity index (χ2n) is 5.89. The summed E-state index contributed by atoms with van der Waals surface area (Å²) in [5, 5.41) is 16.6. The number of nitrogens with zero attached hydrogens (tertiary/aromatic N) is 4. The minimum Gasteiger partial charge on any atom is -0.364 e. The Morgan fingerprint density at radius 1 is 1.38 bits per heavy atom. The number of carbonyl (C=O) groups is 1. The zero-order valence-electron chi connectivity index (χ0n) is 14.9. The second-order valence-corrected chi connectivity index (χ2v) is 7.26. The molecule has 0 fully saturated rings. The first-order chi connectivity index (χ1) is 12.4. The fourth-order valence-electron chi connectivity index (χ4n) is 2.73. The third kappa shape index (κ3) is 3.41. The average molecular weight is 368 g/mol. The van der Waals surface area contributed by atoms with Gasteiger partial charge in [-0.2, -0.15) is 5.10 Å². The number of carbonyl (C=O) groups excluding carboxylic acids is 1. The largest absolute Gasteiger partial charge is 0.364 e. The highest BCUT2D eigenvalue weighted by Gasteiger charge is 2.18. The quantitative estimate of drug-likeness (QED) is 0.645. The molecule has 0 atom stereocenters. The van der Waals surface area contributed by atoms with E-state index in [-0.39, 0.29) is 5.69 Å². The molecule has 0 radical (unpaired) electrons. The van der Waals surface area contributed by atoms with Crippen molar-refractivity contribution in [2.75, 3.05) is 5.32 Å². The number of amides is 1. The monoisotopic (exact) mass is 368 g/mol. The Morgan fingerprint density at radius 3 is 2.81 bits per heavy atom. The number of thioether (sulfide) groups is 1. The van der Waals surface area contributed by atoms with E-state index < -0.39 is 5.91 Å². The number of allylic oxidation sites excluding steroid dienone is 1.